The summed E-state index contributed by atoms with van der Waals surface area (Å²) in [6.07, 6.45) is 3.82. The molecule has 0 atom stereocenters. The molecular weight excluding hydrogens is 498 g/mol. The van der Waals surface area contributed by atoms with Gasteiger partial charge in [0.15, 0.2) is 0 Å². The molecule has 8 aromatic rings. The van der Waals surface area contributed by atoms with Crippen molar-refractivity contribution in [3.05, 3.63) is 152 Å². The van der Waals surface area contributed by atoms with Gasteiger partial charge in [0.2, 0.25) is 0 Å². The van der Waals surface area contributed by atoms with Crippen molar-refractivity contribution in [3.8, 4) is 33.8 Å². The highest BCUT2D eigenvalue weighted by Crippen LogP contribution is 2.46. The molecule has 0 N–H and O–H groups in total. The molecule has 0 saturated heterocycles. The molecule has 2 nitrogen and oxygen atoms in total. The summed E-state index contributed by atoms with van der Waals surface area (Å²) >= 11 is 0. The van der Waals surface area contributed by atoms with Gasteiger partial charge in [0.1, 0.15) is 11.5 Å². The van der Waals surface area contributed by atoms with E-state index in [4.69, 9.17) is 4.74 Å². The number of aromatic nitrogens is 1. The van der Waals surface area contributed by atoms with Gasteiger partial charge in [-0.1, -0.05) is 121 Å². The van der Waals surface area contributed by atoms with E-state index in [0.717, 1.165) is 44.2 Å². The molecule has 0 aliphatic rings. The largest absolute Gasteiger partial charge is 0.455 e. The van der Waals surface area contributed by atoms with E-state index in [2.05, 4.69) is 138 Å². The van der Waals surface area contributed by atoms with Crippen molar-refractivity contribution < 1.29 is 4.74 Å². The van der Waals surface area contributed by atoms with Gasteiger partial charge in [-0.05, 0) is 61.8 Å². The highest BCUT2D eigenvalue weighted by atomic mass is 16.5. The average molecular weight is 524 g/mol. The van der Waals surface area contributed by atoms with Gasteiger partial charge in [-0.25, -0.2) is 0 Å². The molecule has 7 aromatic carbocycles. The van der Waals surface area contributed by atoms with Crippen molar-refractivity contribution in [2.45, 2.75) is 0 Å². The second-order valence-corrected chi connectivity index (χ2v) is 10.4. The molecule has 0 spiro atoms. The molecular formula is C39H25NO. The van der Waals surface area contributed by atoms with Crippen LogP contribution in [0.15, 0.2) is 152 Å². The van der Waals surface area contributed by atoms with Crippen LogP contribution in [-0.4, -0.2) is 4.98 Å². The molecule has 0 unspecified atom stereocenters. The van der Waals surface area contributed by atoms with E-state index in [1.807, 2.05) is 18.5 Å². The molecule has 0 saturated carbocycles. The van der Waals surface area contributed by atoms with E-state index >= 15 is 0 Å². The predicted molar refractivity (Wildman–Crippen MR) is 172 cm³/mol. The monoisotopic (exact) mass is 523 g/mol. The zero-order valence-electron chi connectivity index (χ0n) is 22.3. The van der Waals surface area contributed by atoms with Crippen LogP contribution in [0.2, 0.25) is 0 Å². The number of benzene rings is 7. The minimum Gasteiger partial charge on any atom is -0.455 e. The van der Waals surface area contributed by atoms with Crippen LogP contribution in [0.5, 0.6) is 11.5 Å². The molecule has 2 heteroatoms. The third-order valence-corrected chi connectivity index (χ3v) is 7.99. The molecule has 0 fully saturated rings. The summed E-state index contributed by atoms with van der Waals surface area (Å²) in [7, 11) is 0. The maximum atomic E-state index is 6.97. The Morgan fingerprint density at radius 2 is 1.10 bits per heavy atom. The van der Waals surface area contributed by atoms with Crippen LogP contribution >= 0.6 is 0 Å². The number of para-hydroxylation sites is 1. The van der Waals surface area contributed by atoms with Crippen LogP contribution in [0.25, 0.3) is 65.3 Å². The molecule has 1 heterocycles. The van der Waals surface area contributed by atoms with E-state index in [-0.39, 0.29) is 0 Å². The number of fused-ring (bicyclic) bond motifs is 4. The van der Waals surface area contributed by atoms with Gasteiger partial charge in [-0.15, -0.1) is 0 Å². The number of pyridine rings is 1. The van der Waals surface area contributed by atoms with Crippen molar-refractivity contribution in [1.29, 1.82) is 0 Å². The third kappa shape index (κ3) is 3.92. The van der Waals surface area contributed by atoms with Crippen LogP contribution in [0.4, 0.5) is 0 Å². The highest BCUT2D eigenvalue weighted by Gasteiger charge is 2.19. The van der Waals surface area contributed by atoms with Crippen LogP contribution in [0, 0.1) is 0 Å². The Morgan fingerprint density at radius 1 is 0.439 bits per heavy atom. The Bertz CT molecular complexity index is 2190. The lowest BCUT2D eigenvalue weighted by Gasteiger charge is -2.19. The topological polar surface area (TPSA) is 22.1 Å². The quantitative estimate of drug-likeness (QED) is 0.214. The second kappa shape index (κ2) is 9.62. The average Bonchev–Trinajstić information content (AvgIpc) is 3.04. The first-order valence-electron chi connectivity index (χ1n) is 13.9. The van der Waals surface area contributed by atoms with E-state index in [1.54, 1.807) is 0 Å². The summed E-state index contributed by atoms with van der Waals surface area (Å²) in [5.41, 5.74) is 4.56. The number of hydrogen-bond donors (Lipinski definition) is 0. The minimum absolute atomic E-state index is 0.825. The van der Waals surface area contributed by atoms with Gasteiger partial charge in [-0.2, -0.15) is 0 Å². The third-order valence-electron chi connectivity index (χ3n) is 7.99. The maximum absolute atomic E-state index is 6.97. The van der Waals surface area contributed by atoms with Crippen LogP contribution in [0.1, 0.15) is 0 Å². The summed E-state index contributed by atoms with van der Waals surface area (Å²) in [6.45, 7) is 0. The standard InChI is InChI=1S/C39H25NO/c1-2-12-28-24-29(21-20-26(28)10-1)38-33-16-5-6-17-34(33)39(35-22-23-40-25-36(35)38)41-37-19-8-7-15-32(37)31-18-9-13-27-11-3-4-14-30(27)31/h1-25H. The molecule has 1 aromatic heterocycles. The fourth-order valence-electron chi connectivity index (χ4n) is 6.10. The van der Waals surface area contributed by atoms with Crippen molar-refractivity contribution in [2.75, 3.05) is 0 Å². The van der Waals surface area contributed by atoms with Crippen molar-refractivity contribution in [2.24, 2.45) is 0 Å². The number of hydrogen-bond acceptors (Lipinski definition) is 2. The van der Waals surface area contributed by atoms with E-state index in [1.165, 1.54) is 32.7 Å². The summed E-state index contributed by atoms with van der Waals surface area (Å²) in [4.78, 5) is 4.56. The van der Waals surface area contributed by atoms with Crippen molar-refractivity contribution in [3.63, 3.8) is 0 Å². The van der Waals surface area contributed by atoms with Gasteiger partial charge < -0.3 is 4.74 Å². The van der Waals surface area contributed by atoms with Crippen LogP contribution < -0.4 is 4.74 Å². The van der Waals surface area contributed by atoms with Crippen molar-refractivity contribution >= 4 is 43.1 Å². The minimum atomic E-state index is 0.825. The highest BCUT2D eigenvalue weighted by molar-refractivity contribution is 6.17. The molecule has 192 valence electrons. The lowest BCUT2D eigenvalue weighted by Crippen LogP contribution is -1.94. The van der Waals surface area contributed by atoms with Crippen molar-refractivity contribution in [1.82, 2.24) is 4.98 Å². The predicted octanol–water partition coefficient (Wildman–Crippen LogP) is 10.8. The molecule has 0 radical (unpaired) electrons. The molecule has 0 aliphatic carbocycles. The first-order chi connectivity index (χ1) is 20.3. The number of nitrogens with zero attached hydrogens (tertiary/aromatic N) is 1. The Kier molecular flexibility index (Phi) is 5.49. The molecule has 41 heavy (non-hydrogen) atoms. The molecule has 8 rings (SSSR count). The van der Waals surface area contributed by atoms with Gasteiger partial charge in [-0.3, -0.25) is 4.98 Å². The Balaban J connectivity index is 1.37. The normalized spacial score (nSPS) is 11.4. The van der Waals surface area contributed by atoms with E-state index in [0.29, 0.717) is 0 Å². The zero-order valence-corrected chi connectivity index (χ0v) is 22.3. The van der Waals surface area contributed by atoms with E-state index < -0.39 is 0 Å². The van der Waals surface area contributed by atoms with E-state index in [9.17, 15) is 0 Å². The lowest BCUT2D eigenvalue weighted by atomic mass is 9.91. The smallest absolute Gasteiger partial charge is 0.143 e. The lowest BCUT2D eigenvalue weighted by molar-refractivity contribution is 0.495. The number of ether oxygens (including phenoxy) is 1. The van der Waals surface area contributed by atoms with Gasteiger partial charge in [0, 0.05) is 34.1 Å². The van der Waals surface area contributed by atoms with Gasteiger partial charge in [0.25, 0.3) is 0 Å². The fourth-order valence-corrected chi connectivity index (χ4v) is 6.10. The SMILES string of the molecule is c1ccc(-c2cccc3ccccc23)c(Oc2c3ccccc3c(-c3ccc4ccccc4c3)c3cnccc23)c1. The fraction of sp³-hybridized carbons (Fsp3) is 0. The summed E-state index contributed by atoms with van der Waals surface area (Å²) in [5, 5.41) is 9.18. The Labute approximate surface area is 238 Å². The number of rotatable bonds is 4. The molecule has 0 aliphatic heterocycles. The summed E-state index contributed by atoms with van der Waals surface area (Å²) < 4.78 is 6.97. The maximum Gasteiger partial charge on any atom is 0.143 e. The first-order valence-corrected chi connectivity index (χ1v) is 13.9. The van der Waals surface area contributed by atoms with Crippen LogP contribution in [-0.2, 0) is 0 Å². The summed E-state index contributed by atoms with van der Waals surface area (Å²) in [6, 6.07) is 49.1. The van der Waals surface area contributed by atoms with Crippen LogP contribution in [0.3, 0.4) is 0 Å². The summed E-state index contributed by atoms with van der Waals surface area (Å²) in [5.74, 6) is 1.67. The molecule has 0 bridgehead atoms. The Hall–Kier alpha value is -5.47. The second-order valence-electron chi connectivity index (χ2n) is 10.4. The van der Waals surface area contributed by atoms with Gasteiger partial charge >= 0.3 is 0 Å². The first kappa shape index (κ1) is 23.4. The molecule has 0 amide bonds. The van der Waals surface area contributed by atoms with Gasteiger partial charge in [0.05, 0.1) is 0 Å². The Morgan fingerprint density at radius 3 is 2.00 bits per heavy atom. The zero-order chi connectivity index (χ0) is 27.2.